The van der Waals surface area contributed by atoms with Crippen molar-refractivity contribution < 1.29 is 4.57 Å². The number of aromatic nitrogens is 2. The standard InChI is InChI=1S/C48H37N2OP/c1-3-5-16-39(4-2)52(51,40-17-7-6-8-18-40)41-27-25-36-30-35(23-24-37(36)31-41)33-14-13-15-34(29-33)38-26-28-43-44(32-38)42-19-9-11-21-46(42)50-47-22-12-10-20-45(47)49-48(43)50/h4-32H,3H2,1-2H3/b16-5-,39-4+. The number of benzene rings is 7. The Balaban J connectivity index is 1.12. The topological polar surface area (TPSA) is 34.4 Å². The monoisotopic (exact) mass is 688 g/mol. The first-order valence-electron chi connectivity index (χ1n) is 17.9. The Morgan fingerprint density at radius 1 is 0.596 bits per heavy atom. The summed E-state index contributed by atoms with van der Waals surface area (Å²) in [5.74, 6) is 0. The fourth-order valence-electron chi connectivity index (χ4n) is 7.68. The fourth-order valence-corrected chi connectivity index (χ4v) is 10.5. The normalized spacial score (nSPS) is 13.5. The minimum atomic E-state index is -3.06. The van der Waals surface area contributed by atoms with E-state index in [1.165, 1.54) is 16.3 Å². The predicted molar refractivity (Wildman–Crippen MR) is 223 cm³/mol. The number of para-hydroxylation sites is 3. The van der Waals surface area contributed by atoms with Crippen molar-refractivity contribution in [2.45, 2.75) is 20.3 Å². The average molecular weight is 689 g/mol. The maximum Gasteiger partial charge on any atom is 0.170 e. The SMILES string of the molecule is C/C=C(\C=C/CC)P(=O)(c1ccccc1)c1ccc2cc(-c3cccc(-c4ccc5c(c4)c4ccccc4n4c6ccccc6nc54)c3)ccc2c1. The van der Waals surface area contributed by atoms with Crippen molar-refractivity contribution in [3.8, 4) is 22.3 Å². The third kappa shape index (κ3) is 5.20. The highest BCUT2D eigenvalue weighted by Crippen LogP contribution is 2.52. The van der Waals surface area contributed by atoms with Crippen molar-refractivity contribution in [1.82, 2.24) is 9.38 Å². The van der Waals surface area contributed by atoms with E-state index >= 15 is 4.57 Å². The molecule has 0 aliphatic rings. The molecule has 0 aliphatic carbocycles. The molecule has 2 aromatic heterocycles. The molecule has 0 radical (unpaired) electrons. The minimum absolute atomic E-state index is 0.847. The fraction of sp³-hybridized carbons (Fsp3) is 0.0625. The predicted octanol–water partition coefficient (Wildman–Crippen LogP) is 12.5. The number of hydrogen-bond donors (Lipinski definition) is 0. The Hall–Kier alpha value is -6.02. The van der Waals surface area contributed by atoms with Crippen molar-refractivity contribution in [2.24, 2.45) is 0 Å². The lowest BCUT2D eigenvalue weighted by molar-refractivity contribution is 0.591. The van der Waals surface area contributed by atoms with Crippen LogP contribution in [0.4, 0.5) is 0 Å². The zero-order valence-electron chi connectivity index (χ0n) is 29.2. The lowest BCUT2D eigenvalue weighted by Crippen LogP contribution is -2.17. The Morgan fingerprint density at radius 2 is 1.27 bits per heavy atom. The van der Waals surface area contributed by atoms with Crippen LogP contribution in [0.3, 0.4) is 0 Å². The number of nitrogens with zero attached hydrogens (tertiary/aromatic N) is 2. The second-order valence-corrected chi connectivity index (χ2v) is 16.1. The number of rotatable bonds is 7. The van der Waals surface area contributed by atoms with Crippen LogP contribution in [-0.4, -0.2) is 9.38 Å². The molecular formula is C48H37N2OP. The van der Waals surface area contributed by atoms with Gasteiger partial charge in [-0.3, -0.25) is 4.40 Å². The molecule has 0 bridgehead atoms. The molecule has 4 heteroatoms. The van der Waals surface area contributed by atoms with Crippen molar-refractivity contribution >= 4 is 66.9 Å². The molecule has 9 rings (SSSR count). The van der Waals surface area contributed by atoms with Crippen LogP contribution >= 0.6 is 7.14 Å². The van der Waals surface area contributed by atoms with E-state index in [9.17, 15) is 0 Å². The highest BCUT2D eigenvalue weighted by molar-refractivity contribution is 7.82. The van der Waals surface area contributed by atoms with E-state index in [-0.39, 0.29) is 0 Å². The molecule has 0 N–H and O–H groups in total. The van der Waals surface area contributed by atoms with Crippen molar-refractivity contribution in [2.75, 3.05) is 0 Å². The van der Waals surface area contributed by atoms with Crippen molar-refractivity contribution in [3.05, 3.63) is 181 Å². The Bertz CT molecular complexity index is 2930. The summed E-state index contributed by atoms with van der Waals surface area (Å²) in [5.41, 5.74) is 8.88. The van der Waals surface area contributed by atoms with E-state index in [1.54, 1.807) is 0 Å². The van der Waals surface area contributed by atoms with Gasteiger partial charge in [-0.05, 0) is 100 Å². The summed E-state index contributed by atoms with van der Waals surface area (Å²) in [6.45, 7) is 4.08. The summed E-state index contributed by atoms with van der Waals surface area (Å²) in [5, 5.41) is 8.29. The van der Waals surface area contributed by atoms with Gasteiger partial charge in [-0.25, -0.2) is 4.98 Å². The first kappa shape index (κ1) is 31.9. The van der Waals surface area contributed by atoms with Gasteiger partial charge in [-0.15, -0.1) is 0 Å². The van der Waals surface area contributed by atoms with Crippen molar-refractivity contribution in [3.63, 3.8) is 0 Å². The summed E-state index contributed by atoms with van der Waals surface area (Å²) in [7, 11) is -3.06. The van der Waals surface area contributed by atoms with Gasteiger partial charge in [0.1, 0.15) is 5.65 Å². The van der Waals surface area contributed by atoms with Gasteiger partial charge < -0.3 is 4.57 Å². The highest BCUT2D eigenvalue weighted by atomic mass is 31.2. The second kappa shape index (κ2) is 12.9. The van der Waals surface area contributed by atoms with E-state index in [0.717, 1.165) is 77.4 Å². The van der Waals surface area contributed by atoms with Crippen LogP contribution < -0.4 is 10.6 Å². The molecule has 1 atom stereocenters. The van der Waals surface area contributed by atoms with E-state index < -0.39 is 7.14 Å². The van der Waals surface area contributed by atoms with Gasteiger partial charge >= 0.3 is 0 Å². The largest absolute Gasteiger partial charge is 0.309 e. The zero-order chi connectivity index (χ0) is 35.2. The third-order valence-electron chi connectivity index (χ3n) is 10.3. The minimum Gasteiger partial charge on any atom is -0.309 e. The first-order chi connectivity index (χ1) is 25.6. The van der Waals surface area contributed by atoms with Crippen molar-refractivity contribution in [1.29, 1.82) is 0 Å². The first-order valence-corrected chi connectivity index (χ1v) is 19.6. The van der Waals surface area contributed by atoms with Gasteiger partial charge in [-0.1, -0.05) is 134 Å². The van der Waals surface area contributed by atoms with E-state index in [0.29, 0.717) is 0 Å². The molecule has 52 heavy (non-hydrogen) atoms. The quantitative estimate of drug-likeness (QED) is 0.0949. The number of hydrogen-bond acceptors (Lipinski definition) is 2. The van der Waals surface area contributed by atoms with Crippen LogP contribution in [0, 0.1) is 0 Å². The molecule has 3 nitrogen and oxygen atoms in total. The van der Waals surface area contributed by atoms with E-state index in [2.05, 4.69) is 139 Å². The molecule has 0 saturated carbocycles. The highest BCUT2D eigenvalue weighted by Gasteiger charge is 2.30. The third-order valence-corrected chi connectivity index (χ3v) is 13.4. The van der Waals surface area contributed by atoms with Gasteiger partial charge in [0.2, 0.25) is 0 Å². The molecule has 250 valence electrons. The molecule has 0 fully saturated rings. The molecule has 0 aliphatic heterocycles. The summed E-state index contributed by atoms with van der Waals surface area (Å²) in [6, 6.07) is 55.3. The molecule has 7 aromatic carbocycles. The molecule has 0 spiro atoms. The Kier molecular flexibility index (Phi) is 7.95. The molecule has 0 saturated heterocycles. The summed E-state index contributed by atoms with van der Waals surface area (Å²) in [6.07, 6.45) is 7.01. The lowest BCUT2D eigenvalue weighted by atomic mass is 9.95. The molecular weight excluding hydrogens is 652 g/mol. The number of allylic oxidation sites excluding steroid dienone is 4. The van der Waals surface area contributed by atoms with Gasteiger partial charge in [0.15, 0.2) is 7.14 Å². The van der Waals surface area contributed by atoms with E-state index in [4.69, 9.17) is 4.98 Å². The Morgan fingerprint density at radius 3 is 2.08 bits per heavy atom. The van der Waals surface area contributed by atoms with E-state index in [1.807, 2.05) is 55.5 Å². The van der Waals surface area contributed by atoms with Gasteiger partial charge in [0.25, 0.3) is 0 Å². The summed E-state index contributed by atoms with van der Waals surface area (Å²) in [4.78, 5) is 5.07. The van der Waals surface area contributed by atoms with Crippen LogP contribution in [0.25, 0.3) is 71.4 Å². The average Bonchev–Trinajstić information content (AvgIpc) is 3.61. The van der Waals surface area contributed by atoms with Gasteiger partial charge in [0.05, 0.1) is 16.6 Å². The molecule has 1 unspecified atom stereocenters. The zero-order valence-corrected chi connectivity index (χ0v) is 30.1. The second-order valence-electron chi connectivity index (χ2n) is 13.3. The summed E-state index contributed by atoms with van der Waals surface area (Å²) >= 11 is 0. The molecule has 2 heterocycles. The van der Waals surface area contributed by atoms with Gasteiger partial charge in [-0.2, -0.15) is 0 Å². The lowest BCUT2D eigenvalue weighted by Gasteiger charge is -2.21. The number of pyridine rings is 1. The van der Waals surface area contributed by atoms with Crippen LogP contribution in [0.2, 0.25) is 0 Å². The maximum atomic E-state index is 15.1. The van der Waals surface area contributed by atoms with Crippen LogP contribution in [0.1, 0.15) is 20.3 Å². The van der Waals surface area contributed by atoms with Gasteiger partial charge in [0, 0.05) is 26.7 Å². The smallest absolute Gasteiger partial charge is 0.170 e. The molecule has 9 aromatic rings. The Labute approximate surface area is 303 Å². The molecule has 0 amide bonds. The maximum absolute atomic E-state index is 15.1. The van der Waals surface area contributed by atoms with Crippen LogP contribution in [-0.2, 0) is 4.57 Å². The van der Waals surface area contributed by atoms with Crippen LogP contribution in [0.5, 0.6) is 0 Å². The number of fused-ring (bicyclic) bond motifs is 9. The van der Waals surface area contributed by atoms with Crippen LogP contribution in [0.15, 0.2) is 181 Å². The number of imidazole rings is 1. The summed E-state index contributed by atoms with van der Waals surface area (Å²) < 4.78 is 17.4.